The Kier molecular flexibility index (Phi) is 5.55. The van der Waals surface area contributed by atoms with Crippen LogP contribution >= 0.6 is 0 Å². The molecule has 2 N–H and O–H groups in total. The Morgan fingerprint density at radius 3 is 1.81 bits per heavy atom. The molecule has 2 atom stereocenters. The van der Waals surface area contributed by atoms with E-state index in [2.05, 4.69) is 0 Å². The van der Waals surface area contributed by atoms with E-state index in [4.69, 9.17) is 5.73 Å². The van der Waals surface area contributed by atoms with Gasteiger partial charge in [0.25, 0.3) is 0 Å². The second-order valence-corrected chi connectivity index (χ2v) is 8.58. The van der Waals surface area contributed by atoms with Crippen LogP contribution in [0.25, 0.3) is 0 Å². The van der Waals surface area contributed by atoms with Gasteiger partial charge in [-0.3, -0.25) is 0 Å². The van der Waals surface area contributed by atoms with Crippen molar-refractivity contribution in [3.63, 3.8) is 0 Å². The molecule has 0 aliphatic carbocycles. The number of hydrogen-bond donors (Lipinski definition) is 1. The first kappa shape index (κ1) is 18.4. The minimum atomic E-state index is -3.46. The summed E-state index contributed by atoms with van der Waals surface area (Å²) in [7, 11) is -3.46. The fraction of sp³-hybridized carbons (Fsp3) is 0.182. The maximum Gasteiger partial charge on any atom is 0.179 e. The summed E-state index contributed by atoms with van der Waals surface area (Å²) in [6.45, 7) is 1.94. The van der Waals surface area contributed by atoms with E-state index in [-0.39, 0.29) is 11.7 Å². The van der Waals surface area contributed by atoms with Crippen LogP contribution in [0.3, 0.4) is 0 Å². The topological polar surface area (TPSA) is 60.2 Å². The maximum absolute atomic E-state index is 13.0. The standard InChI is InChI=1S/C22H23NO2S/c1-17-12-14-20(15-13-17)26(24,25)16-21(18-8-4-2-5-9-18)22(23)19-10-6-3-7-11-19/h2-15,21-22H,16,23H2,1H3/t21-,22-/m1/s1. The van der Waals surface area contributed by atoms with Crippen LogP contribution in [0.5, 0.6) is 0 Å². The van der Waals surface area contributed by atoms with Gasteiger partial charge in [0.05, 0.1) is 10.6 Å². The second-order valence-electron chi connectivity index (χ2n) is 6.55. The molecule has 0 aliphatic rings. The quantitative estimate of drug-likeness (QED) is 0.710. The van der Waals surface area contributed by atoms with Crippen molar-refractivity contribution >= 4 is 9.84 Å². The maximum atomic E-state index is 13.0. The highest BCUT2D eigenvalue weighted by Gasteiger charge is 2.28. The Bertz CT molecular complexity index is 936. The van der Waals surface area contributed by atoms with Crippen molar-refractivity contribution < 1.29 is 8.42 Å². The molecule has 134 valence electrons. The molecule has 0 saturated carbocycles. The van der Waals surface area contributed by atoms with Crippen LogP contribution in [-0.2, 0) is 9.84 Å². The summed E-state index contributed by atoms with van der Waals surface area (Å²) in [5, 5.41) is 0. The molecule has 3 aromatic rings. The van der Waals surface area contributed by atoms with Crippen LogP contribution in [0, 0.1) is 6.92 Å². The number of aryl methyl sites for hydroxylation is 1. The number of hydrogen-bond acceptors (Lipinski definition) is 3. The highest BCUT2D eigenvalue weighted by atomic mass is 32.2. The molecule has 0 radical (unpaired) electrons. The molecule has 0 fully saturated rings. The van der Waals surface area contributed by atoms with Gasteiger partial charge in [-0.2, -0.15) is 0 Å². The zero-order valence-corrected chi connectivity index (χ0v) is 15.6. The summed E-state index contributed by atoms with van der Waals surface area (Å²) in [6, 6.07) is 25.9. The monoisotopic (exact) mass is 365 g/mol. The third kappa shape index (κ3) is 4.21. The first-order chi connectivity index (χ1) is 12.5. The molecule has 3 rings (SSSR count). The number of nitrogens with two attached hydrogens (primary N) is 1. The lowest BCUT2D eigenvalue weighted by Crippen LogP contribution is -2.26. The summed E-state index contributed by atoms with van der Waals surface area (Å²) >= 11 is 0. The van der Waals surface area contributed by atoms with E-state index in [0.717, 1.165) is 16.7 Å². The average molecular weight is 365 g/mol. The molecule has 3 nitrogen and oxygen atoms in total. The van der Waals surface area contributed by atoms with E-state index in [1.165, 1.54) is 0 Å². The zero-order chi connectivity index (χ0) is 18.6. The number of benzene rings is 3. The lowest BCUT2D eigenvalue weighted by atomic mass is 9.89. The number of sulfone groups is 1. The Morgan fingerprint density at radius 1 is 0.769 bits per heavy atom. The second kappa shape index (κ2) is 7.85. The normalized spacial score (nSPS) is 13.9. The third-order valence-corrected chi connectivity index (χ3v) is 6.41. The lowest BCUT2D eigenvalue weighted by molar-refractivity contribution is 0.559. The highest BCUT2D eigenvalue weighted by molar-refractivity contribution is 7.91. The first-order valence-electron chi connectivity index (χ1n) is 8.62. The van der Waals surface area contributed by atoms with Crippen LogP contribution in [0.15, 0.2) is 89.8 Å². The molecule has 0 spiro atoms. The Morgan fingerprint density at radius 2 is 1.27 bits per heavy atom. The summed E-state index contributed by atoms with van der Waals surface area (Å²) < 4.78 is 26.0. The first-order valence-corrected chi connectivity index (χ1v) is 10.3. The summed E-state index contributed by atoms with van der Waals surface area (Å²) in [4.78, 5) is 0.337. The largest absolute Gasteiger partial charge is 0.323 e. The van der Waals surface area contributed by atoms with Gasteiger partial charge in [-0.15, -0.1) is 0 Å². The minimum Gasteiger partial charge on any atom is -0.323 e. The van der Waals surface area contributed by atoms with Crippen molar-refractivity contribution in [2.75, 3.05) is 5.75 Å². The molecule has 0 aromatic heterocycles. The molecule has 3 aromatic carbocycles. The highest BCUT2D eigenvalue weighted by Crippen LogP contribution is 2.32. The van der Waals surface area contributed by atoms with Gasteiger partial charge in [0.1, 0.15) is 0 Å². The van der Waals surface area contributed by atoms with Crippen LogP contribution in [-0.4, -0.2) is 14.2 Å². The molecule has 4 heteroatoms. The lowest BCUT2D eigenvalue weighted by Gasteiger charge is -2.25. The summed E-state index contributed by atoms with van der Waals surface area (Å²) in [6.07, 6.45) is 0. The number of rotatable bonds is 6. The molecule has 0 unspecified atom stereocenters. The molecular formula is C22H23NO2S. The van der Waals surface area contributed by atoms with E-state index in [9.17, 15) is 8.42 Å². The smallest absolute Gasteiger partial charge is 0.179 e. The third-order valence-electron chi connectivity index (χ3n) is 4.62. The van der Waals surface area contributed by atoms with Crippen LogP contribution in [0.1, 0.15) is 28.7 Å². The van der Waals surface area contributed by atoms with Gasteiger partial charge in [-0.05, 0) is 30.2 Å². The zero-order valence-electron chi connectivity index (χ0n) is 14.7. The SMILES string of the molecule is Cc1ccc(S(=O)(=O)C[C@H](c2ccccc2)[C@H](N)c2ccccc2)cc1. The van der Waals surface area contributed by atoms with Crippen LogP contribution in [0.4, 0.5) is 0 Å². The van der Waals surface area contributed by atoms with Crippen molar-refractivity contribution in [1.82, 2.24) is 0 Å². The van der Waals surface area contributed by atoms with Gasteiger partial charge in [-0.1, -0.05) is 78.4 Å². The Labute approximate surface area is 155 Å². The minimum absolute atomic E-state index is 0.0316. The molecular weight excluding hydrogens is 342 g/mol. The van der Waals surface area contributed by atoms with Crippen LogP contribution in [0.2, 0.25) is 0 Å². The Balaban J connectivity index is 1.97. The molecule has 0 heterocycles. The van der Waals surface area contributed by atoms with Crippen molar-refractivity contribution in [2.24, 2.45) is 5.73 Å². The summed E-state index contributed by atoms with van der Waals surface area (Å²) in [5.74, 6) is -0.360. The summed E-state index contributed by atoms with van der Waals surface area (Å²) in [5.41, 5.74) is 9.41. The average Bonchev–Trinajstić information content (AvgIpc) is 2.67. The van der Waals surface area contributed by atoms with Gasteiger partial charge in [-0.25, -0.2) is 8.42 Å². The van der Waals surface area contributed by atoms with E-state index >= 15 is 0 Å². The van der Waals surface area contributed by atoms with Crippen molar-refractivity contribution in [3.8, 4) is 0 Å². The van der Waals surface area contributed by atoms with E-state index in [1.807, 2.05) is 79.7 Å². The van der Waals surface area contributed by atoms with Crippen LogP contribution < -0.4 is 5.73 Å². The van der Waals surface area contributed by atoms with Crippen molar-refractivity contribution in [1.29, 1.82) is 0 Å². The van der Waals surface area contributed by atoms with Crippen molar-refractivity contribution in [3.05, 3.63) is 102 Å². The molecule has 0 bridgehead atoms. The van der Waals surface area contributed by atoms with Gasteiger partial charge >= 0.3 is 0 Å². The predicted octanol–water partition coefficient (Wildman–Crippen LogP) is 4.25. The van der Waals surface area contributed by atoms with Gasteiger partial charge in [0, 0.05) is 12.0 Å². The molecule has 0 aliphatic heterocycles. The van der Waals surface area contributed by atoms with Gasteiger partial charge in [0.2, 0.25) is 0 Å². The van der Waals surface area contributed by atoms with Crippen molar-refractivity contribution in [2.45, 2.75) is 23.8 Å². The Hall–Kier alpha value is -2.43. The van der Waals surface area contributed by atoms with Gasteiger partial charge in [0.15, 0.2) is 9.84 Å². The molecule has 0 amide bonds. The molecule has 0 saturated heterocycles. The van der Waals surface area contributed by atoms with Gasteiger partial charge < -0.3 is 5.73 Å². The van der Waals surface area contributed by atoms with E-state index in [0.29, 0.717) is 4.90 Å². The fourth-order valence-electron chi connectivity index (χ4n) is 3.09. The molecule has 26 heavy (non-hydrogen) atoms. The van der Waals surface area contributed by atoms with E-state index < -0.39 is 15.9 Å². The fourth-order valence-corrected chi connectivity index (χ4v) is 4.71. The predicted molar refractivity (Wildman–Crippen MR) is 106 cm³/mol. The van der Waals surface area contributed by atoms with E-state index in [1.54, 1.807) is 12.1 Å².